The molecular weight excluding hydrogens is 120 g/mol. The first-order valence-corrected chi connectivity index (χ1v) is 4.29. The van der Waals surface area contributed by atoms with Crippen molar-refractivity contribution in [1.82, 2.24) is 0 Å². The van der Waals surface area contributed by atoms with Crippen molar-refractivity contribution in [1.29, 1.82) is 0 Å². The molecule has 0 aliphatic heterocycles. The van der Waals surface area contributed by atoms with E-state index in [0.717, 1.165) is 18.3 Å². The zero-order valence-corrected chi connectivity index (χ0v) is 6.84. The molecule has 2 atom stereocenters. The molecule has 0 aromatic rings. The zero-order valence-electron chi connectivity index (χ0n) is 6.84. The third-order valence-electron chi connectivity index (χ3n) is 2.57. The number of allylic oxidation sites excluding steroid dienone is 2. The van der Waals surface area contributed by atoms with Crippen LogP contribution in [0.15, 0.2) is 12.2 Å². The van der Waals surface area contributed by atoms with Crippen LogP contribution in [0.4, 0.5) is 0 Å². The fraction of sp³-hybridized carbons (Fsp3) is 0.700. The lowest BCUT2D eigenvalue weighted by Gasteiger charge is -2.23. The van der Waals surface area contributed by atoms with Crippen LogP contribution in [0.1, 0.15) is 32.6 Å². The van der Waals surface area contributed by atoms with Crippen LogP contribution in [0, 0.1) is 18.8 Å². The molecule has 1 aliphatic carbocycles. The van der Waals surface area contributed by atoms with E-state index in [2.05, 4.69) is 26.0 Å². The van der Waals surface area contributed by atoms with E-state index >= 15 is 0 Å². The lowest BCUT2D eigenvalue weighted by atomic mass is 9.83. The fourth-order valence-electron chi connectivity index (χ4n) is 1.57. The van der Waals surface area contributed by atoms with Crippen LogP contribution in [-0.2, 0) is 0 Å². The van der Waals surface area contributed by atoms with E-state index in [4.69, 9.17) is 0 Å². The second-order valence-corrected chi connectivity index (χ2v) is 3.31. The summed E-state index contributed by atoms with van der Waals surface area (Å²) >= 11 is 0. The molecule has 0 N–H and O–H groups in total. The van der Waals surface area contributed by atoms with Crippen molar-refractivity contribution in [3.05, 3.63) is 19.1 Å². The molecule has 0 bridgehead atoms. The maximum absolute atomic E-state index is 3.94. The van der Waals surface area contributed by atoms with Gasteiger partial charge in [-0.3, -0.25) is 0 Å². The van der Waals surface area contributed by atoms with Crippen LogP contribution in [0.5, 0.6) is 0 Å². The predicted molar refractivity (Wildman–Crippen MR) is 45.6 cm³/mol. The second-order valence-electron chi connectivity index (χ2n) is 3.31. The molecule has 0 aromatic carbocycles. The Bertz CT molecular complexity index is 113. The highest BCUT2D eigenvalue weighted by Gasteiger charge is 2.15. The Hall–Kier alpha value is -0.260. The van der Waals surface area contributed by atoms with Gasteiger partial charge in [0.25, 0.3) is 0 Å². The van der Waals surface area contributed by atoms with Gasteiger partial charge in [0.1, 0.15) is 0 Å². The molecule has 0 saturated carbocycles. The molecule has 0 heterocycles. The van der Waals surface area contributed by atoms with Gasteiger partial charge >= 0.3 is 0 Å². The summed E-state index contributed by atoms with van der Waals surface area (Å²) < 4.78 is 0. The van der Waals surface area contributed by atoms with Crippen LogP contribution in [0.3, 0.4) is 0 Å². The van der Waals surface area contributed by atoms with E-state index in [1.165, 1.54) is 19.3 Å². The molecule has 1 radical (unpaired) electrons. The maximum Gasteiger partial charge on any atom is -0.0320 e. The van der Waals surface area contributed by atoms with E-state index in [9.17, 15) is 0 Å². The monoisotopic (exact) mass is 137 g/mol. The molecule has 0 nitrogen and oxygen atoms in total. The Morgan fingerprint density at radius 2 is 2.40 bits per heavy atom. The van der Waals surface area contributed by atoms with Gasteiger partial charge in [-0.05, 0) is 31.1 Å². The van der Waals surface area contributed by atoms with Crippen molar-refractivity contribution in [3.63, 3.8) is 0 Å². The average molecular weight is 137 g/mol. The summed E-state index contributed by atoms with van der Waals surface area (Å²) in [4.78, 5) is 0. The largest absolute Gasteiger partial charge is 0.0885 e. The van der Waals surface area contributed by atoms with Crippen LogP contribution in [-0.4, -0.2) is 0 Å². The van der Waals surface area contributed by atoms with Gasteiger partial charge in [-0.25, -0.2) is 0 Å². The van der Waals surface area contributed by atoms with Crippen LogP contribution in [0.2, 0.25) is 0 Å². The number of hydrogen-bond acceptors (Lipinski definition) is 0. The highest BCUT2D eigenvalue weighted by atomic mass is 14.2. The third kappa shape index (κ3) is 1.86. The summed E-state index contributed by atoms with van der Waals surface area (Å²) in [5.41, 5.74) is 0. The Morgan fingerprint density at radius 3 is 2.90 bits per heavy atom. The van der Waals surface area contributed by atoms with Gasteiger partial charge in [0.2, 0.25) is 0 Å². The van der Waals surface area contributed by atoms with Crippen LogP contribution < -0.4 is 0 Å². The maximum atomic E-state index is 3.94. The Kier molecular flexibility index (Phi) is 2.98. The highest BCUT2D eigenvalue weighted by Crippen LogP contribution is 2.27. The minimum absolute atomic E-state index is 0.824. The van der Waals surface area contributed by atoms with Gasteiger partial charge < -0.3 is 0 Å². The Balaban J connectivity index is 2.33. The summed E-state index contributed by atoms with van der Waals surface area (Å²) in [6, 6.07) is 0. The Labute approximate surface area is 64.3 Å². The molecule has 57 valence electrons. The van der Waals surface area contributed by atoms with E-state index < -0.39 is 0 Å². The van der Waals surface area contributed by atoms with Crippen molar-refractivity contribution in [2.45, 2.75) is 32.6 Å². The molecule has 0 spiro atoms. The quantitative estimate of drug-likeness (QED) is 0.513. The highest BCUT2D eigenvalue weighted by molar-refractivity contribution is 4.91. The number of rotatable bonds is 2. The van der Waals surface area contributed by atoms with Gasteiger partial charge in [0.05, 0.1) is 0 Å². The SMILES string of the molecule is [CH2]CC(C)C1CC=CCC1. The van der Waals surface area contributed by atoms with Gasteiger partial charge in [-0.15, -0.1) is 0 Å². The van der Waals surface area contributed by atoms with Crippen molar-refractivity contribution in [3.8, 4) is 0 Å². The molecule has 1 rings (SSSR count). The van der Waals surface area contributed by atoms with Crippen molar-refractivity contribution >= 4 is 0 Å². The summed E-state index contributed by atoms with van der Waals surface area (Å²) in [7, 11) is 0. The average Bonchev–Trinajstić information content (AvgIpc) is 2.05. The van der Waals surface area contributed by atoms with Crippen LogP contribution in [0.25, 0.3) is 0 Å². The first-order chi connectivity index (χ1) is 4.84. The second kappa shape index (κ2) is 3.80. The normalized spacial score (nSPS) is 28.4. The van der Waals surface area contributed by atoms with E-state index in [0.29, 0.717) is 0 Å². The first kappa shape index (κ1) is 7.84. The smallest absolute Gasteiger partial charge is 0.0320 e. The number of hydrogen-bond donors (Lipinski definition) is 0. The zero-order chi connectivity index (χ0) is 7.40. The predicted octanol–water partition coefficient (Wildman–Crippen LogP) is 3.20. The van der Waals surface area contributed by atoms with Gasteiger partial charge in [-0.1, -0.05) is 32.4 Å². The molecule has 0 amide bonds. The van der Waals surface area contributed by atoms with Gasteiger partial charge in [-0.2, -0.15) is 0 Å². The summed E-state index contributed by atoms with van der Waals surface area (Å²) in [5.74, 6) is 1.74. The minimum atomic E-state index is 0.824. The Morgan fingerprint density at radius 1 is 1.60 bits per heavy atom. The lowest BCUT2D eigenvalue weighted by molar-refractivity contribution is 0.333. The molecule has 0 heteroatoms. The molecule has 10 heavy (non-hydrogen) atoms. The fourth-order valence-corrected chi connectivity index (χ4v) is 1.57. The summed E-state index contributed by atoms with van der Waals surface area (Å²) in [5, 5.41) is 0. The molecule has 2 unspecified atom stereocenters. The molecule has 0 saturated heterocycles. The van der Waals surface area contributed by atoms with E-state index in [1.54, 1.807) is 0 Å². The molecule has 0 fully saturated rings. The third-order valence-corrected chi connectivity index (χ3v) is 2.57. The molecule has 0 aromatic heterocycles. The standard InChI is InChI=1S/C10H17/c1-3-9(2)10-7-5-4-6-8-10/h4-5,9-10H,1,3,6-8H2,2H3. The van der Waals surface area contributed by atoms with Crippen molar-refractivity contribution in [2.75, 3.05) is 0 Å². The first-order valence-electron chi connectivity index (χ1n) is 4.29. The molecular formula is C10H17. The van der Waals surface area contributed by atoms with Crippen molar-refractivity contribution < 1.29 is 0 Å². The van der Waals surface area contributed by atoms with E-state index in [-0.39, 0.29) is 0 Å². The topological polar surface area (TPSA) is 0 Å². The van der Waals surface area contributed by atoms with Crippen molar-refractivity contribution in [2.24, 2.45) is 11.8 Å². The van der Waals surface area contributed by atoms with E-state index in [1.807, 2.05) is 0 Å². The minimum Gasteiger partial charge on any atom is -0.0885 e. The van der Waals surface area contributed by atoms with Gasteiger partial charge in [0.15, 0.2) is 0 Å². The molecule has 1 aliphatic rings. The lowest BCUT2D eigenvalue weighted by Crippen LogP contribution is -2.11. The van der Waals surface area contributed by atoms with Crippen LogP contribution >= 0.6 is 0 Å². The van der Waals surface area contributed by atoms with Gasteiger partial charge in [0, 0.05) is 0 Å². The summed E-state index contributed by atoms with van der Waals surface area (Å²) in [6.07, 6.45) is 9.67. The summed E-state index contributed by atoms with van der Waals surface area (Å²) in [6.45, 7) is 6.25.